The van der Waals surface area contributed by atoms with Gasteiger partial charge >= 0.3 is 0 Å². The topological polar surface area (TPSA) is 101 Å². The number of hydrogen-bond acceptors (Lipinski definition) is 5. The molecule has 0 unspecified atom stereocenters. The van der Waals surface area contributed by atoms with Crippen molar-refractivity contribution in [3.63, 3.8) is 0 Å². The first kappa shape index (κ1) is 24.1. The van der Waals surface area contributed by atoms with Gasteiger partial charge in [-0.05, 0) is 66.2 Å². The molecule has 0 saturated carbocycles. The van der Waals surface area contributed by atoms with Gasteiger partial charge in [-0.1, -0.05) is 31.8 Å². The maximum atomic E-state index is 13.4. The highest BCUT2D eigenvalue weighted by Gasteiger charge is 2.36. The number of rotatable bonds is 7. The maximum Gasteiger partial charge on any atom is 0.256 e. The summed E-state index contributed by atoms with van der Waals surface area (Å²) >= 11 is 3.22. The minimum atomic E-state index is -4.54. The molecule has 168 valence electrons. The van der Waals surface area contributed by atoms with Crippen LogP contribution >= 0.6 is 15.9 Å². The lowest BCUT2D eigenvalue weighted by Crippen LogP contribution is -2.36. The molecule has 0 saturated heterocycles. The molecule has 0 aliphatic heterocycles. The van der Waals surface area contributed by atoms with Crippen molar-refractivity contribution in [2.75, 3.05) is 5.32 Å². The summed E-state index contributed by atoms with van der Waals surface area (Å²) in [5, 5.41) is 2.51. The Morgan fingerprint density at radius 2 is 1.31 bits per heavy atom. The lowest BCUT2D eigenvalue weighted by atomic mass is 10.2. The SMILES string of the molecule is CC(=O)Nc1ccc(S(=O)(=O)N(Cc2ccc(F)cc2)S(=O)(=O)c2ccc(Br)cc2)cc1. The molecule has 0 fully saturated rings. The minimum Gasteiger partial charge on any atom is -0.326 e. The first-order chi connectivity index (χ1) is 15.0. The van der Waals surface area contributed by atoms with Crippen molar-refractivity contribution in [1.29, 1.82) is 0 Å². The second kappa shape index (κ2) is 9.49. The first-order valence-corrected chi connectivity index (χ1v) is 12.8. The predicted octanol–water partition coefficient (Wildman–Crippen LogP) is 4.13. The van der Waals surface area contributed by atoms with Gasteiger partial charge < -0.3 is 5.32 Å². The van der Waals surface area contributed by atoms with E-state index in [2.05, 4.69) is 21.2 Å². The van der Waals surface area contributed by atoms with Gasteiger partial charge in [0.1, 0.15) is 5.82 Å². The molecular weight excluding hydrogens is 523 g/mol. The van der Waals surface area contributed by atoms with Gasteiger partial charge in [0.25, 0.3) is 20.0 Å². The van der Waals surface area contributed by atoms with E-state index in [-0.39, 0.29) is 21.3 Å². The molecule has 1 amide bonds. The highest BCUT2D eigenvalue weighted by Crippen LogP contribution is 2.28. The monoisotopic (exact) mass is 540 g/mol. The van der Waals surface area contributed by atoms with Crippen LogP contribution in [0.15, 0.2) is 87.1 Å². The summed E-state index contributed by atoms with van der Waals surface area (Å²) < 4.78 is 67.8. The van der Waals surface area contributed by atoms with Crippen LogP contribution in [-0.2, 0) is 31.4 Å². The molecule has 0 aliphatic rings. The Bertz CT molecular complexity index is 1330. The number of nitrogens with zero attached hydrogens (tertiary/aromatic N) is 1. The van der Waals surface area contributed by atoms with Crippen molar-refractivity contribution in [3.8, 4) is 0 Å². The van der Waals surface area contributed by atoms with Gasteiger partial charge in [0.05, 0.1) is 16.3 Å². The Labute approximate surface area is 194 Å². The summed E-state index contributed by atoms with van der Waals surface area (Å²) in [6.45, 7) is 0.772. The molecule has 0 bridgehead atoms. The van der Waals surface area contributed by atoms with Crippen LogP contribution < -0.4 is 5.32 Å². The number of halogens is 2. The Morgan fingerprint density at radius 3 is 1.78 bits per heavy atom. The summed E-state index contributed by atoms with van der Waals surface area (Å²) in [5.41, 5.74) is 0.642. The Kier molecular flexibility index (Phi) is 7.13. The van der Waals surface area contributed by atoms with Crippen LogP contribution in [0.5, 0.6) is 0 Å². The summed E-state index contributed by atoms with van der Waals surface area (Å²) in [7, 11) is -9.04. The molecule has 0 heterocycles. The van der Waals surface area contributed by atoms with Crippen molar-refractivity contribution >= 4 is 47.6 Å². The molecule has 11 heteroatoms. The van der Waals surface area contributed by atoms with Crippen molar-refractivity contribution in [3.05, 3.63) is 88.6 Å². The molecule has 3 aromatic rings. The molecule has 0 aliphatic carbocycles. The van der Waals surface area contributed by atoms with Crippen molar-refractivity contribution in [2.45, 2.75) is 23.3 Å². The van der Waals surface area contributed by atoms with Gasteiger partial charge in [0, 0.05) is 17.1 Å². The third-order valence-corrected chi connectivity index (χ3v) is 9.12. The quantitative estimate of drug-likeness (QED) is 0.485. The molecule has 32 heavy (non-hydrogen) atoms. The van der Waals surface area contributed by atoms with E-state index in [1.807, 2.05) is 0 Å². The Hall–Kier alpha value is -2.60. The molecule has 1 N–H and O–H groups in total. The fraction of sp³-hybridized carbons (Fsp3) is 0.0952. The van der Waals surface area contributed by atoms with Crippen molar-refractivity contribution in [2.24, 2.45) is 0 Å². The minimum absolute atomic E-state index is 0.221. The van der Waals surface area contributed by atoms with Crippen LogP contribution in [-0.4, -0.2) is 26.5 Å². The standard InChI is InChI=1S/C21H18BrFN2O5S2/c1-15(26)24-19-8-12-21(13-9-19)32(29,30)25(14-16-2-6-18(23)7-3-16)31(27,28)20-10-4-17(22)5-11-20/h2-13H,14H2,1H3,(H,24,26). The van der Waals surface area contributed by atoms with E-state index in [4.69, 9.17) is 0 Å². The van der Waals surface area contributed by atoms with Crippen LogP contribution in [0.3, 0.4) is 0 Å². The van der Waals surface area contributed by atoms with Gasteiger partial charge in [-0.15, -0.1) is 0 Å². The van der Waals surface area contributed by atoms with Gasteiger partial charge in [-0.2, -0.15) is 0 Å². The summed E-state index contributed by atoms with van der Waals surface area (Å²) in [5.74, 6) is -0.871. The first-order valence-electron chi connectivity index (χ1n) is 9.16. The number of nitrogens with one attached hydrogen (secondary N) is 1. The van der Waals surface area contributed by atoms with Gasteiger partial charge in [-0.3, -0.25) is 4.79 Å². The third kappa shape index (κ3) is 5.41. The lowest BCUT2D eigenvalue weighted by Gasteiger charge is -2.22. The molecule has 3 rings (SSSR count). The van der Waals surface area contributed by atoms with Crippen molar-refractivity contribution in [1.82, 2.24) is 3.71 Å². The Morgan fingerprint density at radius 1 is 0.844 bits per heavy atom. The molecule has 0 spiro atoms. The Balaban J connectivity index is 2.09. The second-order valence-corrected chi connectivity index (χ2v) is 11.6. The maximum absolute atomic E-state index is 13.4. The molecular formula is C21H18BrFN2O5S2. The van der Waals surface area contributed by atoms with E-state index in [1.165, 1.54) is 67.6 Å². The van der Waals surface area contributed by atoms with Crippen LogP contribution in [0.25, 0.3) is 0 Å². The number of anilines is 1. The third-order valence-electron chi connectivity index (χ3n) is 4.35. The molecule has 3 aromatic carbocycles. The zero-order valence-electron chi connectivity index (χ0n) is 16.7. The van der Waals surface area contributed by atoms with E-state index in [0.29, 0.717) is 13.9 Å². The number of benzene rings is 3. The number of carbonyl (C=O) groups excluding carboxylic acids is 1. The highest BCUT2D eigenvalue weighted by molar-refractivity contribution is 9.10. The fourth-order valence-corrected chi connectivity index (χ4v) is 6.68. The van der Waals surface area contributed by atoms with Gasteiger partial charge in [0.2, 0.25) is 5.91 Å². The molecule has 0 radical (unpaired) electrons. The van der Waals surface area contributed by atoms with Crippen LogP contribution in [0.1, 0.15) is 12.5 Å². The average Bonchev–Trinajstić information content (AvgIpc) is 2.73. The summed E-state index contributed by atoms with van der Waals surface area (Å²) in [6.07, 6.45) is 0. The van der Waals surface area contributed by atoms with E-state index in [1.54, 1.807) is 0 Å². The van der Waals surface area contributed by atoms with E-state index in [9.17, 15) is 26.0 Å². The number of carbonyl (C=O) groups is 1. The largest absolute Gasteiger partial charge is 0.326 e. The number of sulfonamides is 2. The predicted molar refractivity (Wildman–Crippen MR) is 121 cm³/mol. The van der Waals surface area contributed by atoms with E-state index in [0.717, 1.165) is 12.1 Å². The van der Waals surface area contributed by atoms with Gasteiger partial charge in [-0.25, -0.2) is 21.2 Å². The van der Waals surface area contributed by atoms with Crippen LogP contribution in [0.2, 0.25) is 0 Å². The van der Waals surface area contributed by atoms with Crippen molar-refractivity contribution < 1.29 is 26.0 Å². The van der Waals surface area contributed by atoms with E-state index >= 15 is 0 Å². The zero-order chi connectivity index (χ0) is 23.5. The zero-order valence-corrected chi connectivity index (χ0v) is 19.9. The molecule has 7 nitrogen and oxygen atoms in total. The highest BCUT2D eigenvalue weighted by atomic mass is 79.9. The normalized spacial score (nSPS) is 12.0. The molecule has 0 aromatic heterocycles. The number of hydrogen-bond donors (Lipinski definition) is 1. The lowest BCUT2D eigenvalue weighted by molar-refractivity contribution is -0.114. The van der Waals surface area contributed by atoms with Crippen LogP contribution in [0, 0.1) is 5.82 Å². The summed E-state index contributed by atoms with van der Waals surface area (Å²) in [4.78, 5) is 10.7. The molecule has 0 atom stereocenters. The smallest absolute Gasteiger partial charge is 0.256 e. The van der Waals surface area contributed by atoms with Gasteiger partial charge in [0.15, 0.2) is 0 Å². The summed E-state index contributed by atoms with van der Waals surface area (Å²) in [6, 6.07) is 15.5. The number of amides is 1. The fourth-order valence-electron chi connectivity index (χ4n) is 2.79. The second-order valence-electron chi connectivity index (χ2n) is 6.73. The van der Waals surface area contributed by atoms with Crippen LogP contribution in [0.4, 0.5) is 10.1 Å². The average molecular weight is 541 g/mol. The van der Waals surface area contributed by atoms with E-state index < -0.39 is 32.4 Å².